The van der Waals surface area contributed by atoms with Crippen molar-refractivity contribution in [1.29, 1.82) is 0 Å². The van der Waals surface area contributed by atoms with Crippen molar-refractivity contribution in [3.05, 3.63) is 3.92 Å². The second-order valence-electron chi connectivity index (χ2n) is 6.50. The molecule has 1 aromatic rings. The molecule has 0 radical (unpaired) electrons. The minimum absolute atomic E-state index is 0.116. The normalized spacial score (nSPS) is 33.5. The maximum atomic E-state index is 11.2. The highest BCUT2D eigenvalue weighted by molar-refractivity contribution is 9.11. The number of hydrogen-bond donors (Lipinski definition) is 1. The molecule has 3 fully saturated rings. The number of carbonyl (C=O) groups is 1. The molecule has 2 aliphatic carbocycles. The number of nitrogens with zero attached hydrogens (tertiary/aromatic N) is 3. The van der Waals surface area contributed by atoms with Gasteiger partial charge in [0, 0.05) is 31.5 Å². The van der Waals surface area contributed by atoms with Crippen LogP contribution in [0.2, 0.25) is 0 Å². The summed E-state index contributed by atoms with van der Waals surface area (Å²) in [5.74, 6) is 1.58. The van der Waals surface area contributed by atoms with E-state index in [0.29, 0.717) is 17.4 Å². The van der Waals surface area contributed by atoms with Crippen LogP contribution in [-0.2, 0) is 4.79 Å². The lowest BCUT2D eigenvalue weighted by Crippen LogP contribution is -2.60. The molecular formula is C13H17BrN4OS. The monoisotopic (exact) mass is 356 g/mol. The Labute approximate surface area is 130 Å². The minimum atomic E-state index is 0.116. The first-order valence-electron chi connectivity index (χ1n) is 7.07. The van der Waals surface area contributed by atoms with Gasteiger partial charge in [0.05, 0.1) is 0 Å². The van der Waals surface area contributed by atoms with Gasteiger partial charge < -0.3 is 10.2 Å². The highest BCUT2D eigenvalue weighted by Crippen LogP contribution is 2.60. The van der Waals surface area contributed by atoms with E-state index in [9.17, 15) is 4.79 Å². The van der Waals surface area contributed by atoms with Crippen molar-refractivity contribution in [1.82, 2.24) is 15.5 Å². The van der Waals surface area contributed by atoms with E-state index in [1.807, 2.05) is 0 Å². The summed E-state index contributed by atoms with van der Waals surface area (Å²) in [5.41, 5.74) is 0.484. The third-order valence-corrected chi connectivity index (χ3v) is 6.71. The zero-order valence-electron chi connectivity index (χ0n) is 11.3. The summed E-state index contributed by atoms with van der Waals surface area (Å²) in [6, 6.07) is 0.424. The quantitative estimate of drug-likeness (QED) is 0.880. The average Bonchev–Trinajstić information content (AvgIpc) is 2.99. The van der Waals surface area contributed by atoms with Crippen molar-refractivity contribution in [2.75, 3.05) is 18.0 Å². The maximum Gasteiger partial charge on any atom is 0.217 e. The highest BCUT2D eigenvalue weighted by atomic mass is 79.9. The lowest BCUT2D eigenvalue weighted by atomic mass is 9.67. The van der Waals surface area contributed by atoms with Crippen molar-refractivity contribution in [2.45, 2.75) is 32.2 Å². The smallest absolute Gasteiger partial charge is 0.217 e. The Morgan fingerprint density at radius 2 is 2.25 bits per heavy atom. The number of nitrogens with one attached hydrogen (secondary N) is 1. The van der Waals surface area contributed by atoms with Gasteiger partial charge in [-0.2, -0.15) is 0 Å². The largest absolute Gasteiger partial charge is 0.353 e. The molecule has 4 rings (SSSR count). The predicted octanol–water partition coefficient (Wildman–Crippen LogP) is 2.04. The average molecular weight is 357 g/mol. The molecule has 1 amide bonds. The summed E-state index contributed by atoms with van der Waals surface area (Å²) in [5, 5.41) is 12.4. The summed E-state index contributed by atoms with van der Waals surface area (Å²) in [4.78, 5) is 13.6. The van der Waals surface area contributed by atoms with Gasteiger partial charge in [-0.25, -0.2) is 0 Å². The van der Waals surface area contributed by atoms with Crippen molar-refractivity contribution in [2.24, 2.45) is 17.3 Å². The predicted molar refractivity (Wildman–Crippen MR) is 80.7 cm³/mol. The van der Waals surface area contributed by atoms with E-state index in [-0.39, 0.29) is 5.91 Å². The van der Waals surface area contributed by atoms with Crippen LogP contribution in [0.1, 0.15) is 26.2 Å². The van der Waals surface area contributed by atoms with Crippen LogP contribution in [0.5, 0.6) is 0 Å². The van der Waals surface area contributed by atoms with E-state index in [0.717, 1.165) is 34.5 Å². The summed E-state index contributed by atoms with van der Waals surface area (Å²) < 4.78 is 0.854. The van der Waals surface area contributed by atoms with E-state index in [2.05, 4.69) is 36.3 Å². The van der Waals surface area contributed by atoms with Gasteiger partial charge in [-0.05, 0) is 47.0 Å². The second-order valence-corrected chi connectivity index (χ2v) is 8.73. The number of aromatic nitrogens is 2. The van der Waals surface area contributed by atoms with E-state index in [1.54, 1.807) is 18.3 Å². The van der Waals surface area contributed by atoms with Crippen molar-refractivity contribution < 1.29 is 4.79 Å². The molecule has 20 heavy (non-hydrogen) atoms. The Kier molecular flexibility index (Phi) is 2.86. The molecule has 108 valence electrons. The summed E-state index contributed by atoms with van der Waals surface area (Å²) in [6.07, 6.45) is 3.72. The van der Waals surface area contributed by atoms with Crippen LogP contribution in [-0.4, -0.2) is 35.2 Å². The number of amides is 1. The fourth-order valence-electron chi connectivity index (χ4n) is 4.54. The van der Waals surface area contributed by atoms with E-state index < -0.39 is 0 Å². The van der Waals surface area contributed by atoms with Gasteiger partial charge in [-0.3, -0.25) is 4.79 Å². The van der Waals surface area contributed by atoms with Gasteiger partial charge in [0.2, 0.25) is 11.0 Å². The van der Waals surface area contributed by atoms with Crippen LogP contribution >= 0.6 is 27.3 Å². The third-order valence-electron chi connectivity index (χ3n) is 5.29. The van der Waals surface area contributed by atoms with Crippen LogP contribution in [0.15, 0.2) is 3.92 Å². The first-order chi connectivity index (χ1) is 9.56. The van der Waals surface area contributed by atoms with Gasteiger partial charge in [0.25, 0.3) is 0 Å². The molecule has 2 bridgehead atoms. The number of rotatable bonds is 2. The third kappa shape index (κ3) is 1.89. The molecule has 5 nitrogen and oxygen atoms in total. The summed E-state index contributed by atoms with van der Waals surface area (Å²) >= 11 is 4.98. The van der Waals surface area contributed by atoms with Crippen molar-refractivity contribution >= 4 is 38.3 Å². The lowest BCUT2D eigenvalue weighted by molar-refractivity contribution is -0.120. The fourth-order valence-corrected chi connectivity index (χ4v) is 5.63. The SMILES string of the molecule is CC(=O)N[C@@H]1C[C@H]2C[C@@H]1CC21CN(c2nnc(Br)s2)C1. The van der Waals surface area contributed by atoms with Crippen LogP contribution in [0.4, 0.5) is 5.13 Å². The first kappa shape index (κ1) is 13.0. The van der Waals surface area contributed by atoms with Gasteiger partial charge in [0.15, 0.2) is 3.92 Å². The molecule has 1 aliphatic heterocycles. The number of anilines is 1. The topological polar surface area (TPSA) is 58.1 Å². The Bertz CT molecular complexity index is 556. The van der Waals surface area contributed by atoms with Gasteiger partial charge in [0.1, 0.15) is 0 Å². The Hall–Kier alpha value is -0.690. The van der Waals surface area contributed by atoms with Gasteiger partial charge in [-0.15, -0.1) is 10.2 Å². The molecule has 2 saturated carbocycles. The van der Waals surface area contributed by atoms with Crippen LogP contribution in [0.25, 0.3) is 0 Å². The minimum Gasteiger partial charge on any atom is -0.353 e. The van der Waals surface area contributed by atoms with Crippen molar-refractivity contribution in [3.8, 4) is 0 Å². The molecule has 0 aromatic carbocycles. The standard InChI is InChI=1S/C13H17BrN4OS/c1-7(19)15-10-3-9-2-8(10)4-13(9)5-18(6-13)12-17-16-11(14)20-12/h8-10H,2-6H2,1H3,(H,15,19)/t8-,9-,10-/m1/s1. The molecule has 1 saturated heterocycles. The molecule has 0 unspecified atom stereocenters. The number of carbonyl (C=O) groups excluding carboxylic acids is 1. The Morgan fingerprint density at radius 3 is 2.80 bits per heavy atom. The number of hydrogen-bond acceptors (Lipinski definition) is 5. The Balaban J connectivity index is 1.41. The van der Waals surface area contributed by atoms with Crippen LogP contribution in [0, 0.1) is 17.3 Å². The summed E-state index contributed by atoms with van der Waals surface area (Å²) in [6.45, 7) is 3.85. The van der Waals surface area contributed by atoms with E-state index >= 15 is 0 Å². The zero-order valence-corrected chi connectivity index (χ0v) is 13.7. The van der Waals surface area contributed by atoms with Gasteiger partial charge in [-0.1, -0.05) is 11.3 Å². The maximum absolute atomic E-state index is 11.2. The fraction of sp³-hybridized carbons (Fsp3) is 0.769. The molecule has 7 heteroatoms. The van der Waals surface area contributed by atoms with E-state index in [4.69, 9.17) is 0 Å². The highest BCUT2D eigenvalue weighted by Gasteiger charge is 2.60. The molecule has 1 spiro atoms. The number of fused-ring (bicyclic) bond motifs is 3. The second kappa shape index (κ2) is 4.40. The molecule has 3 atom stereocenters. The van der Waals surface area contributed by atoms with Gasteiger partial charge >= 0.3 is 0 Å². The van der Waals surface area contributed by atoms with Crippen LogP contribution < -0.4 is 10.2 Å². The molecule has 3 aliphatic rings. The summed E-state index contributed by atoms with van der Waals surface area (Å²) in [7, 11) is 0. The van der Waals surface area contributed by atoms with Crippen LogP contribution in [0.3, 0.4) is 0 Å². The number of halogens is 1. The zero-order chi connectivity index (χ0) is 13.9. The Morgan fingerprint density at radius 1 is 1.45 bits per heavy atom. The molecule has 2 heterocycles. The lowest BCUT2D eigenvalue weighted by Gasteiger charge is -2.53. The van der Waals surface area contributed by atoms with Crippen molar-refractivity contribution in [3.63, 3.8) is 0 Å². The molecule has 1 N–H and O–H groups in total. The molecular weight excluding hydrogens is 340 g/mol. The van der Waals surface area contributed by atoms with E-state index in [1.165, 1.54) is 12.8 Å². The first-order valence-corrected chi connectivity index (χ1v) is 8.68. The molecule has 1 aromatic heterocycles.